The van der Waals surface area contributed by atoms with Gasteiger partial charge in [-0.25, -0.2) is 0 Å². The van der Waals surface area contributed by atoms with E-state index in [0.29, 0.717) is 5.92 Å². The van der Waals surface area contributed by atoms with E-state index in [4.69, 9.17) is 18.9 Å². The highest BCUT2D eigenvalue weighted by atomic mass is 127. The predicted octanol–water partition coefficient (Wildman–Crippen LogP) is 2.47. The summed E-state index contributed by atoms with van der Waals surface area (Å²) in [5.41, 5.74) is 1.18. The average Bonchev–Trinajstić information content (AvgIpc) is 3.22. The van der Waals surface area contributed by atoms with Crippen molar-refractivity contribution in [2.75, 3.05) is 60.8 Å². The van der Waals surface area contributed by atoms with Crippen LogP contribution in [0.4, 0.5) is 0 Å². The zero-order valence-electron chi connectivity index (χ0n) is 17.2. The van der Waals surface area contributed by atoms with Gasteiger partial charge in [0.25, 0.3) is 0 Å². The molecule has 0 radical (unpaired) electrons. The fourth-order valence-electron chi connectivity index (χ4n) is 2.93. The largest absolute Gasteiger partial charge is 0.493 e. The molecule has 0 spiro atoms. The molecule has 0 amide bonds. The molecule has 2 rings (SSSR count). The lowest BCUT2D eigenvalue weighted by molar-refractivity contribution is 0.0888. The molecule has 1 saturated heterocycles. The van der Waals surface area contributed by atoms with Crippen molar-refractivity contribution in [2.24, 2.45) is 10.9 Å². The second-order valence-electron chi connectivity index (χ2n) is 6.52. The molecule has 0 saturated carbocycles. The molecule has 7 nitrogen and oxygen atoms in total. The smallest absolute Gasteiger partial charge is 0.190 e. The fourth-order valence-corrected chi connectivity index (χ4v) is 2.93. The molecule has 2 N–H and O–H groups in total. The second-order valence-corrected chi connectivity index (χ2v) is 6.52. The van der Waals surface area contributed by atoms with Crippen molar-refractivity contribution < 1.29 is 18.9 Å². The number of nitrogens with zero attached hydrogens (tertiary/aromatic N) is 1. The van der Waals surface area contributed by atoms with E-state index in [1.165, 1.54) is 5.56 Å². The van der Waals surface area contributed by atoms with Gasteiger partial charge in [-0.2, -0.15) is 0 Å². The lowest BCUT2D eigenvalue weighted by atomic mass is 10.1. The highest BCUT2D eigenvalue weighted by Crippen LogP contribution is 2.27. The molecule has 1 unspecified atom stereocenters. The van der Waals surface area contributed by atoms with Gasteiger partial charge in [0.2, 0.25) is 0 Å². The average molecular weight is 507 g/mol. The molecule has 28 heavy (non-hydrogen) atoms. The van der Waals surface area contributed by atoms with E-state index in [-0.39, 0.29) is 24.0 Å². The van der Waals surface area contributed by atoms with Gasteiger partial charge in [0.1, 0.15) is 0 Å². The minimum absolute atomic E-state index is 0. The molecule has 0 aromatic heterocycles. The molecule has 1 aromatic rings. The molecule has 1 aromatic carbocycles. The maximum Gasteiger partial charge on any atom is 0.190 e. The van der Waals surface area contributed by atoms with Crippen LogP contribution in [-0.4, -0.2) is 66.7 Å². The number of methoxy groups -OCH3 is 2. The van der Waals surface area contributed by atoms with Crippen LogP contribution >= 0.6 is 24.0 Å². The Bertz CT molecular complexity index is 581. The molecule has 0 aliphatic carbocycles. The summed E-state index contributed by atoms with van der Waals surface area (Å²) < 4.78 is 21.7. The molecule has 1 aliphatic heterocycles. The number of nitrogens with one attached hydrogen (secondary N) is 2. The van der Waals surface area contributed by atoms with Gasteiger partial charge in [0.15, 0.2) is 17.5 Å². The first-order chi connectivity index (χ1) is 13.3. The second kappa shape index (κ2) is 14.7. The first-order valence-electron chi connectivity index (χ1n) is 9.57. The van der Waals surface area contributed by atoms with E-state index in [1.54, 1.807) is 21.3 Å². The Morgan fingerprint density at radius 2 is 1.96 bits per heavy atom. The van der Waals surface area contributed by atoms with Gasteiger partial charge in [-0.3, -0.25) is 4.99 Å². The van der Waals surface area contributed by atoms with Crippen LogP contribution in [0.3, 0.4) is 0 Å². The molecule has 1 heterocycles. The molecule has 160 valence electrons. The van der Waals surface area contributed by atoms with Gasteiger partial charge < -0.3 is 29.6 Å². The fraction of sp³-hybridized carbons (Fsp3) is 0.650. The van der Waals surface area contributed by atoms with Crippen molar-refractivity contribution in [3.8, 4) is 11.5 Å². The minimum atomic E-state index is 0. The first-order valence-corrected chi connectivity index (χ1v) is 9.57. The third-order valence-corrected chi connectivity index (χ3v) is 4.51. The van der Waals surface area contributed by atoms with Gasteiger partial charge in [-0.05, 0) is 37.0 Å². The van der Waals surface area contributed by atoms with Crippen molar-refractivity contribution in [1.29, 1.82) is 0 Å². The van der Waals surface area contributed by atoms with Crippen LogP contribution in [0.1, 0.15) is 18.4 Å². The van der Waals surface area contributed by atoms with Crippen molar-refractivity contribution in [1.82, 2.24) is 10.6 Å². The zero-order chi connectivity index (χ0) is 19.3. The first kappa shape index (κ1) is 24.8. The lowest BCUT2D eigenvalue weighted by Crippen LogP contribution is -2.39. The van der Waals surface area contributed by atoms with Crippen LogP contribution in [0.15, 0.2) is 23.2 Å². The van der Waals surface area contributed by atoms with E-state index in [2.05, 4.69) is 15.6 Å². The zero-order valence-corrected chi connectivity index (χ0v) is 19.5. The van der Waals surface area contributed by atoms with Crippen LogP contribution in [0.5, 0.6) is 11.5 Å². The summed E-state index contributed by atoms with van der Waals surface area (Å²) in [7, 11) is 5.07. The monoisotopic (exact) mass is 507 g/mol. The van der Waals surface area contributed by atoms with Crippen LogP contribution < -0.4 is 20.1 Å². The molecular weight excluding hydrogens is 473 g/mol. The number of aliphatic imine (C=N–C) groups is 1. The van der Waals surface area contributed by atoms with Gasteiger partial charge in [0.05, 0.1) is 27.4 Å². The molecular formula is C20H34IN3O4. The number of guanidine groups is 1. The number of hydrogen-bond acceptors (Lipinski definition) is 5. The topological polar surface area (TPSA) is 73.3 Å². The SMILES string of the molecule is CN=C(NCCCOCC1CCOC1)NCCc1ccc(OC)c(OC)c1.I. The summed E-state index contributed by atoms with van der Waals surface area (Å²) in [6, 6.07) is 5.98. The highest BCUT2D eigenvalue weighted by Gasteiger charge is 2.15. The Kier molecular flexibility index (Phi) is 13.0. The van der Waals surface area contributed by atoms with Crippen LogP contribution in [-0.2, 0) is 15.9 Å². The number of halogens is 1. The normalized spacial score (nSPS) is 16.4. The Balaban J connectivity index is 0.00000392. The van der Waals surface area contributed by atoms with E-state index in [9.17, 15) is 0 Å². The van der Waals surface area contributed by atoms with Gasteiger partial charge >= 0.3 is 0 Å². The standard InChI is InChI=1S/C20H33N3O4.HI/c1-21-20(22-9-4-11-26-14-17-8-12-27-15-17)23-10-7-16-5-6-18(24-2)19(13-16)25-3;/h5-6,13,17H,4,7-12,14-15H2,1-3H3,(H2,21,22,23);1H. The summed E-state index contributed by atoms with van der Waals surface area (Å²) in [4.78, 5) is 4.25. The van der Waals surface area contributed by atoms with Crippen LogP contribution in [0.2, 0.25) is 0 Å². The molecule has 1 fully saturated rings. The van der Waals surface area contributed by atoms with Crippen molar-refractivity contribution in [3.63, 3.8) is 0 Å². The van der Waals surface area contributed by atoms with Crippen molar-refractivity contribution in [3.05, 3.63) is 23.8 Å². The third-order valence-electron chi connectivity index (χ3n) is 4.51. The summed E-state index contributed by atoms with van der Waals surface area (Å²) in [6.07, 6.45) is 2.94. The summed E-state index contributed by atoms with van der Waals surface area (Å²) >= 11 is 0. The minimum Gasteiger partial charge on any atom is -0.493 e. The van der Waals surface area contributed by atoms with E-state index >= 15 is 0 Å². The maximum absolute atomic E-state index is 5.71. The molecule has 8 heteroatoms. The van der Waals surface area contributed by atoms with E-state index < -0.39 is 0 Å². The number of benzene rings is 1. The maximum atomic E-state index is 5.71. The molecule has 1 aliphatic rings. The Morgan fingerprint density at radius 1 is 1.18 bits per heavy atom. The number of rotatable bonds is 11. The Hall–Kier alpha value is -1.26. The number of hydrogen-bond donors (Lipinski definition) is 2. The quantitative estimate of drug-likeness (QED) is 0.208. The van der Waals surface area contributed by atoms with Gasteiger partial charge in [-0.1, -0.05) is 6.07 Å². The van der Waals surface area contributed by atoms with Crippen molar-refractivity contribution in [2.45, 2.75) is 19.3 Å². The Labute approximate surface area is 185 Å². The van der Waals surface area contributed by atoms with Gasteiger partial charge in [-0.15, -0.1) is 24.0 Å². The van der Waals surface area contributed by atoms with E-state index in [0.717, 1.165) is 76.2 Å². The Morgan fingerprint density at radius 3 is 2.64 bits per heavy atom. The van der Waals surface area contributed by atoms with E-state index in [1.807, 2.05) is 18.2 Å². The van der Waals surface area contributed by atoms with Crippen LogP contribution in [0, 0.1) is 5.92 Å². The summed E-state index contributed by atoms with van der Waals surface area (Å²) in [5.74, 6) is 2.87. The summed E-state index contributed by atoms with van der Waals surface area (Å²) in [6.45, 7) is 4.89. The highest BCUT2D eigenvalue weighted by molar-refractivity contribution is 14.0. The van der Waals surface area contributed by atoms with Crippen molar-refractivity contribution >= 4 is 29.9 Å². The number of ether oxygens (including phenoxy) is 4. The van der Waals surface area contributed by atoms with Gasteiger partial charge in [0, 0.05) is 39.3 Å². The lowest BCUT2D eigenvalue weighted by Gasteiger charge is -2.13. The predicted molar refractivity (Wildman–Crippen MR) is 122 cm³/mol. The molecule has 0 bridgehead atoms. The molecule has 1 atom stereocenters. The third kappa shape index (κ3) is 8.83. The van der Waals surface area contributed by atoms with Crippen LogP contribution in [0.25, 0.3) is 0 Å². The summed E-state index contributed by atoms with van der Waals surface area (Å²) in [5, 5.41) is 6.64.